The van der Waals surface area contributed by atoms with Gasteiger partial charge in [0, 0.05) is 17.7 Å². The standard InChI is InChI=1S/C13H18N2O4S/c1-9(2)14-20(18,19)8-10-6-11-4-3-5-13(15(16)17)12(11)7-10/h3-5,9-10,14H,6-8H2,1-2H3/t10-/m1/s1. The topological polar surface area (TPSA) is 89.3 Å². The van der Waals surface area contributed by atoms with Gasteiger partial charge in [-0.05, 0) is 38.2 Å². The van der Waals surface area contributed by atoms with Crippen molar-refractivity contribution in [3.8, 4) is 0 Å². The summed E-state index contributed by atoms with van der Waals surface area (Å²) in [6, 6.07) is 4.82. The van der Waals surface area contributed by atoms with E-state index >= 15 is 0 Å². The first-order chi connectivity index (χ1) is 9.28. The predicted molar refractivity (Wildman–Crippen MR) is 76.1 cm³/mol. The highest BCUT2D eigenvalue weighted by molar-refractivity contribution is 7.89. The molecular weight excluding hydrogens is 280 g/mol. The van der Waals surface area contributed by atoms with Crippen LogP contribution in [-0.4, -0.2) is 25.1 Å². The number of nitro benzene ring substituents is 1. The van der Waals surface area contributed by atoms with Crippen molar-refractivity contribution < 1.29 is 13.3 Å². The fourth-order valence-electron chi connectivity index (χ4n) is 2.73. The molecule has 0 bridgehead atoms. The molecule has 0 amide bonds. The largest absolute Gasteiger partial charge is 0.272 e. The van der Waals surface area contributed by atoms with Gasteiger partial charge in [0.1, 0.15) is 0 Å². The van der Waals surface area contributed by atoms with Crippen molar-refractivity contribution in [3.63, 3.8) is 0 Å². The number of hydrogen-bond donors (Lipinski definition) is 1. The Morgan fingerprint density at radius 1 is 1.40 bits per heavy atom. The molecule has 1 aliphatic carbocycles. The molecule has 7 heteroatoms. The fraction of sp³-hybridized carbons (Fsp3) is 0.538. The third-order valence-electron chi connectivity index (χ3n) is 3.32. The van der Waals surface area contributed by atoms with E-state index in [9.17, 15) is 18.5 Å². The minimum absolute atomic E-state index is 0.0109. The summed E-state index contributed by atoms with van der Waals surface area (Å²) in [5, 5.41) is 11.0. The molecule has 20 heavy (non-hydrogen) atoms. The molecule has 0 unspecified atom stereocenters. The van der Waals surface area contributed by atoms with Crippen LogP contribution in [0.5, 0.6) is 0 Å². The lowest BCUT2D eigenvalue weighted by molar-refractivity contribution is -0.385. The molecule has 1 N–H and O–H groups in total. The first-order valence-electron chi connectivity index (χ1n) is 6.53. The summed E-state index contributed by atoms with van der Waals surface area (Å²) >= 11 is 0. The number of sulfonamides is 1. The van der Waals surface area contributed by atoms with Crippen molar-refractivity contribution in [1.29, 1.82) is 0 Å². The van der Waals surface area contributed by atoms with Gasteiger partial charge in [-0.15, -0.1) is 0 Å². The molecule has 0 radical (unpaired) electrons. The molecule has 2 rings (SSSR count). The molecule has 1 atom stereocenters. The van der Waals surface area contributed by atoms with Gasteiger partial charge in [0.15, 0.2) is 0 Å². The number of nitrogens with one attached hydrogen (secondary N) is 1. The van der Waals surface area contributed by atoms with E-state index in [4.69, 9.17) is 0 Å². The third-order valence-corrected chi connectivity index (χ3v) is 5.06. The van der Waals surface area contributed by atoms with Crippen LogP contribution in [0, 0.1) is 16.0 Å². The van der Waals surface area contributed by atoms with Gasteiger partial charge >= 0.3 is 0 Å². The van der Waals surface area contributed by atoms with Gasteiger partial charge in [0.25, 0.3) is 5.69 Å². The van der Waals surface area contributed by atoms with Crippen LogP contribution in [0.3, 0.4) is 0 Å². The Morgan fingerprint density at radius 3 is 2.70 bits per heavy atom. The molecule has 0 fully saturated rings. The maximum atomic E-state index is 11.9. The van der Waals surface area contributed by atoms with E-state index in [1.54, 1.807) is 19.9 Å². The van der Waals surface area contributed by atoms with Gasteiger partial charge in [-0.2, -0.15) is 0 Å². The summed E-state index contributed by atoms with van der Waals surface area (Å²) < 4.78 is 26.4. The van der Waals surface area contributed by atoms with Gasteiger partial charge in [0.05, 0.1) is 10.7 Å². The highest BCUT2D eigenvalue weighted by Gasteiger charge is 2.31. The molecule has 0 saturated carbocycles. The molecule has 1 aromatic rings. The zero-order valence-corrected chi connectivity index (χ0v) is 12.3. The number of fused-ring (bicyclic) bond motifs is 1. The van der Waals surface area contributed by atoms with Crippen LogP contribution in [0.15, 0.2) is 18.2 Å². The van der Waals surface area contributed by atoms with E-state index < -0.39 is 14.9 Å². The van der Waals surface area contributed by atoms with Crippen LogP contribution in [-0.2, 0) is 22.9 Å². The third kappa shape index (κ3) is 3.34. The van der Waals surface area contributed by atoms with Crippen molar-refractivity contribution in [2.45, 2.75) is 32.7 Å². The molecule has 0 spiro atoms. The first-order valence-corrected chi connectivity index (χ1v) is 8.19. The van der Waals surface area contributed by atoms with Gasteiger partial charge < -0.3 is 0 Å². The normalized spacial score (nSPS) is 18.2. The van der Waals surface area contributed by atoms with Crippen LogP contribution in [0.25, 0.3) is 0 Å². The Morgan fingerprint density at radius 2 is 2.10 bits per heavy atom. The molecule has 0 heterocycles. The quantitative estimate of drug-likeness (QED) is 0.661. The number of hydrogen-bond acceptors (Lipinski definition) is 4. The molecule has 6 nitrogen and oxygen atoms in total. The molecule has 1 aliphatic rings. The summed E-state index contributed by atoms with van der Waals surface area (Å²) in [6.45, 7) is 3.54. The second-order valence-corrected chi connectivity index (χ2v) is 7.30. The molecular formula is C13H18N2O4S. The van der Waals surface area contributed by atoms with Crippen molar-refractivity contribution in [2.75, 3.05) is 5.75 Å². The second kappa shape index (κ2) is 5.49. The minimum Gasteiger partial charge on any atom is -0.258 e. The number of nitrogens with zero attached hydrogens (tertiary/aromatic N) is 1. The van der Waals surface area contributed by atoms with E-state index in [-0.39, 0.29) is 23.4 Å². The molecule has 0 saturated heterocycles. The Labute approximate surface area is 118 Å². The summed E-state index contributed by atoms with van der Waals surface area (Å²) in [5.41, 5.74) is 1.67. The van der Waals surface area contributed by atoms with Crippen molar-refractivity contribution in [3.05, 3.63) is 39.4 Å². The van der Waals surface area contributed by atoms with Gasteiger partial charge in [-0.1, -0.05) is 12.1 Å². The van der Waals surface area contributed by atoms with E-state index in [0.29, 0.717) is 18.4 Å². The Hall–Kier alpha value is -1.47. The highest BCUT2D eigenvalue weighted by atomic mass is 32.2. The maximum Gasteiger partial charge on any atom is 0.272 e. The van der Waals surface area contributed by atoms with Crippen molar-refractivity contribution in [2.24, 2.45) is 5.92 Å². The van der Waals surface area contributed by atoms with E-state index in [0.717, 1.165) is 5.56 Å². The average Bonchev–Trinajstić information content (AvgIpc) is 2.66. The lowest BCUT2D eigenvalue weighted by atomic mass is 10.1. The van der Waals surface area contributed by atoms with Crippen LogP contribution in [0.2, 0.25) is 0 Å². The average molecular weight is 298 g/mol. The van der Waals surface area contributed by atoms with Crippen LogP contribution < -0.4 is 4.72 Å². The van der Waals surface area contributed by atoms with E-state index in [1.165, 1.54) is 6.07 Å². The minimum atomic E-state index is -3.33. The maximum absolute atomic E-state index is 11.9. The predicted octanol–water partition coefficient (Wildman–Crippen LogP) is 1.64. The van der Waals surface area contributed by atoms with Gasteiger partial charge in [0.2, 0.25) is 10.0 Å². The molecule has 110 valence electrons. The van der Waals surface area contributed by atoms with Crippen LogP contribution in [0.4, 0.5) is 5.69 Å². The van der Waals surface area contributed by atoms with Crippen LogP contribution >= 0.6 is 0 Å². The highest BCUT2D eigenvalue weighted by Crippen LogP contribution is 2.33. The fourth-order valence-corrected chi connectivity index (χ4v) is 4.40. The number of benzene rings is 1. The number of nitro groups is 1. The monoisotopic (exact) mass is 298 g/mol. The van der Waals surface area contributed by atoms with Crippen molar-refractivity contribution >= 4 is 15.7 Å². The first kappa shape index (κ1) is 14.9. The Kier molecular flexibility index (Phi) is 4.10. The second-order valence-electron chi connectivity index (χ2n) is 5.50. The van der Waals surface area contributed by atoms with Gasteiger partial charge in [-0.3, -0.25) is 10.1 Å². The smallest absolute Gasteiger partial charge is 0.258 e. The number of rotatable bonds is 5. The lowest BCUT2D eigenvalue weighted by Gasteiger charge is -2.13. The zero-order chi connectivity index (χ0) is 14.9. The molecule has 1 aromatic carbocycles. The lowest BCUT2D eigenvalue weighted by Crippen LogP contribution is -2.34. The molecule has 0 aromatic heterocycles. The Balaban J connectivity index is 2.14. The summed E-state index contributed by atoms with van der Waals surface area (Å²) in [6.07, 6.45) is 1.03. The molecule has 0 aliphatic heterocycles. The van der Waals surface area contributed by atoms with E-state index in [1.807, 2.05) is 6.07 Å². The SMILES string of the molecule is CC(C)NS(=O)(=O)C[C@@H]1Cc2cccc([N+](=O)[O-])c2C1. The summed E-state index contributed by atoms with van der Waals surface area (Å²) in [4.78, 5) is 10.6. The van der Waals surface area contributed by atoms with Gasteiger partial charge in [-0.25, -0.2) is 13.1 Å². The van der Waals surface area contributed by atoms with Crippen LogP contribution in [0.1, 0.15) is 25.0 Å². The van der Waals surface area contributed by atoms with E-state index in [2.05, 4.69) is 4.72 Å². The summed E-state index contributed by atoms with van der Waals surface area (Å²) in [5.74, 6) is -0.0841. The Bertz CT molecular complexity index is 625. The summed E-state index contributed by atoms with van der Waals surface area (Å²) in [7, 11) is -3.33. The zero-order valence-electron chi connectivity index (χ0n) is 11.5. The van der Waals surface area contributed by atoms with Crippen molar-refractivity contribution in [1.82, 2.24) is 4.72 Å².